The highest BCUT2D eigenvalue weighted by molar-refractivity contribution is 5.79. The third-order valence-corrected chi connectivity index (χ3v) is 2.40. The molecule has 0 aromatic heterocycles. The summed E-state index contributed by atoms with van der Waals surface area (Å²) in [6, 6.07) is 0. The van der Waals surface area contributed by atoms with Crippen LogP contribution in [-0.4, -0.2) is 25.5 Å². The molecule has 0 aromatic rings. The quantitative estimate of drug-likeness (QED) is 0.642. The fourth-order valence-electron chi connectivity index (χ4n) is 1.54. The average Bonchev–Trinajstić information content (AvgIpc) is 2.47. The lowest BCUT2D eigenvalue weighted by Crippen LogP contribution is -2.34. The second-order valence-corrected chi connectivity index (χ2v) is 3.53. The van der Waals surface area contributed by atoms with Gasteiger partial charge in [0.25, 0.3) is 0 Å². The third kappa shape index (κ3) is 2.21. The number of carbonyl (C=O) groups excluding carboxylic acids is 1. The Kier molecular flexibility index (Phi) is 3.53. The molecule has 0 aromatic carbocycles. The number of hydrogen-bond acceptors (Lipinski definition) is 2. The summed E-state index contributed by atoms with van der Waals surface area (Å²) in [4.78, 5) is 11.5. The molecule has 1 amide bonds. The maximum absolute atomic E-state index is 11.5. The molecule has 2 N–H and O–H groups in total. The Morgan fingerprint density at radius 2 is 2.33 bits per heavy atom. The van der Waals surface area contributed by atoms with Crippen molar-refractivity contribution in [1.82, 2.24) is 10.6 Å². The Hall–Kier alpha value is -0.570. The van der Waals surface area contributed by atoms with E-state index in [9.17, 15) is 4.79 Å². The molecule has 0 aliphatic carbocycles. The van der Waals surface area contributed by atoms with Gasteiger partial charge < -0.3 is 10.6 Å². The molecule has 12 heavy (non-hydrogen) atoms. The van der Waals surface area contributed by atoms with E-state index >= 15 is 0 Å². The first-order chi connectivity index (χ1) is 5.75. The van der Waals surface area contributed by atoms with Gasteiger partial charge in [0.05, 0.1) is 5.92 Å². The van der Waals surface area contributed by atoms with Gasteiger partial charge in [0.15, 0.2) is 0 Å². The summed E-state index contributed by atoms with van der Waals surface area (Å²) in [7, 11) is 0. The molecule has 1 rings (SSSR count). The van der Waals surface area contributed by atoms with Crippen molar-refractivity contribution in [2.45, 2.75) is 20.3 Å². The van der Waals surface area contributed by atoms with Crippen molar-refractivity contribution in [2.75, 3.05) is 19.6 Å². The molecule has 0 saturated carbocycles. The first-order valence-electron chi connectivity index (χ1n) is 4.74. The van der Waals surface area contributed by atoms with Crippen LogP contribution in [0.3, 0.4) is 0 Å². The second-order valence-electron chi connectivity index (χ2n) is 3.53. The summed E-state index contributed by atoms with van der Waals surface area (Å²) < 4.78 is 0. The van der Waals surface area contributed by atoms with Crippen LogP contribution in [0.4, 0.5) is 0 Å². The smallest absolute Gasteiger partial charge is 0.224 e. The Labute approximate surface area is 73.9 Å². The van der Waals surface area contributed by atoms with E-state index in [0.717, 1.165) is 26.1 Å². The van der Waals surface area contributed by atoms with Gasteiger partial charge in [-0.1, -0.05) is 13.8 Å². The van der Waals surface area contributed by atoms with Gasteiger partial charge in [0.1, 0.15) is 0 Å². The molecule has 1 fully saturated rings. The predicted octanol–water partition coefficient (Wildman–Crippen LogP) is 0.368. The molecule has 1 saturated heterocycles. The molecule has 2 atom stereocenters. The zero-order valence-electron chi connectivity index (χ0n) is 7.89. The maximum atomic E-state index is 11.5. The van der Waals surface area contributed by atoms with Crippen molar-refractivity contribution in [3.8, 4) is 0 Å². The molecular formula is C9H18N2O. The summed E-state index contributed by atoms with van der Waals surface area (Å²) in [5, 5.41) is 6.14. The van der Waals surface area contributed by atoms with Crippen LogP contribution in [0.5, 0.6) is 0 Å². The highest BCUT2D eigenvalue weighted by Crippen LogP contribution is 2.15. The van der Waals surface area contributed by atoms with Crippen LogP contribution in [0.15, 0.2) is 0 Å². The normalized spacial score (nSPS) is 28.8. The van der Waals surface area contributed by atoms with Crippen LogP contribution < -0.4 is 10.6 Å². The molecule has 0 radical (unpaired) electrons. The molecule has 0 bridgehead atoms. The van der Waals surface area contributed by atoms with Gasteiger partial charge in [0.2, 0.25) is 5.91 Å². The molecule has 2 unspecified atom stereocenters. The van der Waals surface area contributed by atoms with Crippen molar-refractivity contribution < 1.29 is 4.79 Å². The van der Waals surface area contributed by atoms with Gasteiger partial charge in [-0.05, 0) is 18.9 Å². The van der Waals surface area contributed by atoms with E-state index in [1.54, 1.807) is 0 Å². The second kappa shape index (κ2) is 4.45. The van der Waals surface area contributed by atoms with Gasteiger partial charge >= 0.3 is 0 Å². The lowest BCUT2D eigenvalue weighted by molar-refractivity contribution is -0.125. The topological polar surface area (TPSA) is 41.1 Å². The standard InChI is InChI=1S/C9H18N2O/c1-3-4-11-9(12)8-6-10-5-7(8)2/h7-8,10H,3-6H2,1-2H3,(H,11,12). The highest BCUT2D eigenvalue weighted by Gasteiger charge is 2.28. The zero-order chi connectivity index (χ0) is 8.97. The minimum absolute atomic E-state index is 0.191. The molecule has 70 valence electrons. The highest BCUT2D eigenvalue weighted by atomic mass is 16.1. The van der Waals surface area contributed by atoms with Gasteiger partial charge in [-0.2, -0.15) is 0 Å². The Morgan fingerprint density at radius 3 is 2.83 bits per heavy atom. The minimum atomic E-state index is 0.191. The van der Waals surface area contributed by atoms with Gasteiger partial charge in [0, 0.05) is 13.1 Å². The lowest BCUT2D eigenvalue weighted by atomic mass is 9.97. The number of amides is 1. The molecule has 1 aliphatic rings. The zero-order valence-corrected chi connectivity index (χ0v) is 7.89. The van der Waals surface area contributed by atoms with E-state index in [1.165, 1.54) is 0 Å². The first kappa shape index (κ1) is 9.52. The lowest BCUT2D eigenvalue weighted by Gasteiger charge is -2.13. The number of rotatable bonds is 3. The number of carbonyl (C=O) groups is 1. The molecule has 1 heterocycles. The average molecular weight is 170 g/mol. The Balaban J connectivity index is 2.30. The Morgan fingerprint density at radius 1 is 1.58 bits per heavy atom. The SMILES string of the molecule is CCCNC(=O)C1CNCC1C. The van der Waals surface area contributed by atoms with Crippen molar-refractivity contribution in [3.05, 3.63) is 0 Å². The van der Waals surface area contributed by atoms with Crippen molar-refractivity contribution in [2.24, 2.45) is 11.8 Å². The maximum Gasteiger partial charge on any atom is 0.224 e. The van der Waals surface area contributed by atoms with E-state index in [1.807, 2.05) is 0 Å². The van der Waals surface area contributed by atoms with Crippen LogP contribution in [0.25, 0.3) is 0 Å². The monoisotopic (exact) mass is 170 g/mol. The van der Waals surface area contributed by atoms with Gasteiger partial charge in [-0.3, -0.25) is 4.79 Å². The van der Waals surface area contributed by atoms with E-state index in [0.29, 0.717) is 5.92 Å². The number of nitrogens with one attached hydrogen (secondary N) is 2. The number of hydrogen-bond donors (Lipinski definition) is 2. The van der Waals surface area contributed by atoms with Crippen LogP contribution in [0.1, 0.15) is 20.3 Å². The van der Waals surface area contributed by atoms with Crippen molar-refractivity contribution >= 4 is 5.91 Å². The first-order valence-corrected chi connectivity index (χ1v) is 4.74. The fraction of sp³-hybridized carbons (Fsp3) is 0.889. The van der Waals surface area contributed by atoms with Crippen LogP contribution in [-0.2, 0) is 4.79 Å². The van der Waals surface area contributed by atoms with Crippen LogP contribution in [0, 0.1) is 11.8 Å². The largest absolute Gasteiger partial charge is 0.356 e. The third-order valence-electron chi connectivity index (χ3n) is 2.40. The van der Waals surface area contributed by atoms with Gasteiger partial charge in [-0.25, -0.2) is 0 Å². The Bertz CT molecular complexity index is 159. The van der Waals surface area contributed by atoms with E-state index < -0.39 is 0 Å². The molecule has 3 nitrogen and oxygen atoms in total. The van der Waals surface area contributed by atoms with Crippen LogP contribution >= 0.6 is 0 Å². The fourth-order valence-corrected chi connectivity index (χ4v) is 1.54. The summed E-state index contributed by atoms with van der Waals surface area (Å²) in [5.41, 5.74) is 0. The summed E-state index contributed by atoms with van der Waals surface area (Å²) in [6.45, 7) is 6.82. The summed E-state index contributed by atoms with van der Waals surface area (Å²) in [6.07, 6.45) is 1.01. The molecular weight excluding hydrogens is 152 g/mol. The predicted molar refractivity (Wildman–Crippen MR) is 48.8 cm³/mol. The van der Waals surface area contributed by atoms with Crippen molar-refractivity contribution in [3.63, 3.8) is 0 Å². The van der Waals surface area contributed by atoms with E-state index in [4.69, 9.17) is 0 Å². The summed E-state index contributed by atoms with van der Waals surface area (Å²) >= 11 is 0. The molecule has 0 spiro atoms. The minimum Gasteiger partial charge on any atom is -0.356 e. The van der Waals surface area contributed by atoms with Gasteiger partial charge in [-0.15, -0.1) is 0 Å². The molecule has 1 aliphatic heterocycles. The summed E-state index contributed by atoms with van der Waals surface area (Å²) in [5.74, 6) is 0.896. The van der Waals surface area contributed by atoms with E-state index in [-0.39, 0.29) is 11.8 Å². The van der Waals surface area contributed by atoms with E-state index in [2.05, 4.69) is 24.5 Å². The van der Waals surface area contributed by atoms with Crippen LogP contribution in [0.2, 0.25) is 0 Å². The molecule has 3 heteroatoms. The van der Waals surface area contributed by atoms with Crippen molar-refractivity contribution in [1.29, 1.82) is 0 Å².